The maximum Gasteiger partial charge on any atom is 0.164 e. The molecule has 0 bridgehead atoms. The number of rotatable bonds is 7. The third kappa shape index (κ3) is 3.99. The van der Waals surface area contributed by atoms with E-state index in [4.69, 9.17) is 36.8 Å². The average molecular weight is 454 g/mol. The Kier molecular flexibility index (Phi) is 6.00. The van der Waals surface area contributed by atoms with E-state index in [0.29, 0.717) is 58.0 Å². The number of nitrogen functional groups attached to an aromatic ring is 1. The minimum atomic E-state index is 0.383. The van der Waals surface area contributed by atoms with Crippen LogP contribution in [-0.4, -0.2) is 39.0 Å². The molecule has 0 radical (unpaired) electrons. The number of hydrogen-bond acceptors (Lipinski definition) is 8. The van der Waals surface area contributed by atoms with Crippen molar-refractivity contribution in [1.82, 2.24) is 24.7 Å². The number of ether oxygens (including phenoxy) is 2. The Morgan fingerprint density at radius 2 is 1.91 bits per heavy atom. The van der Waals surface area contributed by atoms with Crippen molar-refractivity contribution in [3.8, 4) is 22.9 Å². The lowest BCUT2D eigenvalue weighted by Gasteiger charge is -2.18. The number of hydrogen-bond donors (Lipinski definition) is 2. The quantitative estimate of drug-likeness (QED) is 0.433. The van der Waals surface area contributed by atoms with Crippen LogP contribution in [0.2, 0.25) is 5.02 Å². The topological polar surface area (TPSA) is 113 Å². The van der Waals surface area contributed by atoms with Crippen molar-refractivity contribution in [1.29, 1.82) is 0 Å². The highest BCUT2D eigenvalue weighted by Gasteiger charge is 2.22. The molecule has 0 aliphatic carbocycles. The highest BCUT2D eigenvalue weighted by molar-refractivity contribution is 6.35. The third-order valence-corrected chi connectivity index (χ3v) is 5.51. The van der Waals surface area contributed by atoms with E-state index in [1.54, 1.807) is 43.4 Å². The number of halogens is 1. The second kappa shape index (κ2) is 8.88. The van der Waals surface area contributed by atoms with Gasteiger partial charge in [-0.2, -0.15) is 5.10 Å². The predicted molar refractivity (Wildman–Crippen MR) is 125 cm³/mol. The van der Waals surface area contributed by atoms with Gasteiger partial charge in [0.25, 0.3) is 0 Å². The standard InChI is InChI=1S/C22H24ClN7O2/c1-5-13-16(31-3)7-17(32-4)20(23)19(13)22-28-15-10-25-18(24)6-14(15)21(29-22)26-8-12-9-27-30(2)11-12/h6-7,9-11H,5,8H2,1-4H3,(H2,24,25)(H,26,28,29). The fraction of sp³-hybridized carbons (Fsp3) is 0.273. The smallest absolute Gasteiger partial charge is 0.164 e. The molecule has 0 aliphatic heterocycles. The predicted octanol–water partition coefficient (Wildman–Crippen LogP) is 3.85. The Labute approximate surface area is 190 Å². The van der Waals surface area contributed by atoms with Gasteiger partial charge in [-0.15, -0.1) is 0 Å². The number of anilines is 2. The number of benzene rings is 1. The minimum absolute atomic E-state index is 0.383. The highest BCUT2D eigenvalue weighted by atomic mass is 35.5. The van der Waals surface area contributed by atoms with Crippen molar-refractivity contribution < 1.29 is 9.47 Å². The van der Waals surface area contributed by atoms with E-state index in [-0.39, 0.29) is 0 Å². The summed E-state index contributed by atoms with van der Waals surface area (Å²) in [5, 5.41) is 8.77. The SMILES string of the molecule is CCc1c(OC)cc(OC)c(Cl)c1-c1nc(NCc2cnn(C)c2)c2cc(N)ncc2n1. The van der Waals surface area contributed by atoms with Crippen LogP contribution >= 0.6 is 11.6 Å². The van der Waals surface area contributed by atoms with Crippen molar-refractivity contribution in [3.63, 3.8) is 0 Å². The first-order valence-electron chi connectivity index (χ1n) is 10.0. The van der Waals surface area contributed by atoms with Crippen LogP contribution in [-0.2, 0) is 20.0 Å². The molecule has 1 aromatic carbocycles. The van der Waals surface area contributed by atoms with Crippen molar-refractivity contribution in [3.05, 3.63) is 46.9 Å². The fourth-order valence-electron chi connectivity index (χ4n) is 3.61. The number of aryl methyl sites for hydroxylation is 1. The van der Waals surface area contributed by atoms with E-state index >= 15 is 0 Å². The number of nitrogens with zero attached hydrogens (tertiary/aromatic N) is 5. The van der Waals surface area contributed by atoms with E-state index in [0.717, 1.165) is 16.5 Å². The molecule has 0 saturated carbocycles. The van der Waals surface area contributed by atoms with Crippen molar-refractivity contribution in [2.24, 2.45) is 7.05 Å². The molecule has 10 heteroatoms. The van der Waals surface area contributed by atoms with Gasteiger partial charge in [0.15, 0.2) is 5.82 Å². The molecule has 166 valence electrons. The second-order valence-electron chi connectivity index (χ2n) is 7.20. The summed E-state index contributed by atoms with van der Waals surface area (Å²) in [4.78, 5) is 13.8. The molecule has 32 heavy (non-hydrogen) atoms. The van der Waals surface area contributed by atoms with Gasteiger partial charge in [0.1, 0.15) is 23.1 Å². The average Bonchev–Trinajstić information content (AvgIpc) is 3.22. The van der Waals surface area contributed by atoms with Gasteiger partial charge in [0.05, 0.1) is 37.2 Å². The molecular formula is C22H24ClN7O2. The Bertz CT molecular complexity index is 1290. The van der Waals surface area contributed by atoms with E-state index in [1.807, 2.05) is 20.2 Å². The zero-order chi connectivity index (χ0) is 22.8. The van der Waals surface area contributed by atoms with E-state index in [1.165, 1.54) is 0 Å². The molecule has 3 aromatic heterocycles. The van der Waals surface area contributed by atoms with Gasteiger partial charge in [0.2, 0.25) is 0 Å². The van der Waals surface area contributed by atoms with Gasteiger partial charge >= 0.3 is 0 Å². The van der Waals surface area contributed by atoms with E-state index in [2.05, 4.69) is 15.4 Å². The van der Waals surface area contributed by atoms with Crippen LogP contribution in [0, 0.1) is 0 Å². The van der Waals surface area contributed by atoms with Crippen LogP contribution in [0.25, 0.3) is 22.3 Å². The van der Waals surface area contributed by atoms with Crippen molar-refractivity contribution in [2.45, 2.75) is 19.9 Å². The lowest BCUT2D eigenvalue weighted by molar-refractivity contribution is 0.392. The molecule has 0 unspecified atom stereocenters. The summed E-state index contributed by atoms with van der Waals surface area (Å²) in [5.41, 5.74) is 9.13. The number of fused-ring (bicyclic) bond motifs is 1. The number of methoxy groups -OCH3 is 2. The molecule has 0 saturated heterocycles. The molecule has 9 nitrogen and oxygen atoms in total. The first-order valence-corrected chi connectivity index (χ1v) is 10.4. The van der Waals surface area contributed by atoms with Crippen LogP contribution in [0.1, 0.15) is 18.1 Å². The van der Waals surface area contributed by atoms with Crippen LogP contribution in [0.3, 0.4) is 0 Å². The maximum atomic E-state index is 6.73. The number of nitrogens with one attached hydrogen (secondary N) is 1. The molecule has 4 aromatic rings. The summed E-state index contributed by atoms with van der Waals surface area (Å²) in [6.07, 6.45) is 6.03. The van der Waals surface area contributed by atoms with Gasteiger partial charge in [-0.3, -0.25) is 4.68 Å². The van der Waals surface area contributed by atoms with Crippen molar-refractivity contribution in [2.75, 3.05) is 25.3 Å². The number of nitrogens with two attached hydrogens (primary N) is 1. The maximum absolute atomic E-state index is 6.73. The van der Waals surface area contributed by atoms with Gasteiger partial charge in [-0.05, 0) is 12.5 Å². The minimum Gasteiger partial charge on any atom is -0.496 e. The molecule has 3 heterocycles. The number of pyridine rings is 1. The molecule has 0 atom stereocenters. The van der Waals surface area contributed by atoms with Crippen molar-refractivity contribution >= 4 is 34.1 Å². The van der Waals surface area contributed by atoms with Gasteiger partial charge in [0, 0.05) is 47.9 Å². The van der Waals surface area contributed by atoms with Gasteiger partial charge in [-0.1, -0.05) is 18.5 Å². The molecule has 0 aliphatic rings. The highest BCUT2D eigenvalue weighted by Crippen LogP contribution is 2.43. The Balaban J connectivity index is 1.91. The summed E-state index contributed by atoms with van der Waals surface area (Å²) < 4.78 is 12.8. The third-order valence-electron chi connectivity index (χ3n) is 5.14. The zero-order valence-corrected chi connectivity index (χ0v) is 19.1. The molecule has 0 fully saturated rings. The van der Waals surface area contributed by atoms with Gasteiger partial charge in [-0.25, -0.2) is 15.0 Å². The molecule has 4 rings (SSSR count). The summed E-state index contributed by atoms with van der Waals surface area (Å²) in [7, 11) is 5.05. The van der Waals surface area contributed by atoms with Crippen LogP contribution in [0.5, 0.6) is 11.5 Å². The Hall–Kier alpha value is -3.59. The van der Waals surface area contributed by atoms with Gasteiger partial charge < -0.3 is 20.5 Å². The summed E-state index contributed by atoms with van der Waals surface area (Å²) in [5.74, 6) is 2.58. The first-order chi connectivity index (χ1) is 15.4. The second-order valence-corrected chi connectivity index (χ2v) is 7.58. The molecule has 0 amide bonds. The molecular weight excluding hydrogens is 430 g/mol. The largest absolute Gasteiger partial charge is 0.496 e. The van der Waals surface area contributed by atoms with Crippen LogP contribution in [0.15, 0.2) is 30.7 Å². The van der Waals surface area contributed by atoms with E-state index < -0.39 is 0 Å². The normalized spacial score (nSPS) is 11.0. The lowest BCUT2D eigenvalue weighted by Crippen LogP contribution is -2.06. The Morgan fingerprint density at radius 3 is 2.56 bits per heavy atom. The van der Waals surface area contributed by atoms with Crippen LogP contribution in [0.4, 0.5) is 11.6 Å². The first kappa shape index (κ1) is 21.6. The molecule has 0 spiro atoms. The summed E-state index contributed by atoms with van der Waals surface area (Å²) in [6.45, 7) is 2.55. The monoisotopic (exact) mass is 453 g/mol. The Morgan fingerprint density at radius 1 is 1.12 bits per heavy atom. The summed E-state index contributed by atoms with van der Waals surface area (Å²) >= 11 is 6.73. The lowest BCUT2D eigenvalue weighted by atomic mass is 10.0. The van der Waals surface area contributed by atoms with Crippen LogP contribution < -0.4 is 20.5 Å². The number of aromatic nitrogens is 5. The fourth-order valence-corrected chi connectivity index (χ4v) is 3.94. The van der Waals surface area contributed by atoms with E-state index in [9.17, 15) is 0 Å². The zero-order valence-electron chi connectivity index (χ0n) is 18.3. The molecule has 3 N–H and O–H groups in total. The summed E-state index contributed by atoms with van der Waals surface area (Å²) in [6, 6.07) is 3.52.